The number of amides is 1. The van der Waals surface area contributed by atoms with Crippen LogP contribution in [-0.4, -0.2) is 15.0 Å². The first-order valence-corrected chi connectivity index (χ1v) is 9.44. The summed E-state index contributed by atoms with van der Waals surface area (Å²) in [6.45, 7) is 7.14. The minimum Gasteiger partial charge on any atom is -0.348 e. The molecule has 1 heterocycles. The minimum absolute atomic E-state index is 0.200. The molecular formula is C22H25N3O3. The highest BCUT2D eigenvalue weighted by Gasteiger charge is 2.24. The van der Waals surface area contributed by atoms with E-state index >= 15 is 0 Å². The van der Waals surface area contributed by atoms with Gasteiger partial charge in [0.25, 0.3) is 5.56 Å². The van der Waals surface area contributed by atoms with Crippen LogP contribution in [0.4, 0.5) is 0 Å². The van der Waals surface area contributed by atoms with Crippen LogP contribution in [0.2, 0.25) is 0 Å². The minimum atomic E-state index is -0.769. The molecule has 0 bridgehead atoms. The van der Waals surface area contributed by atoms with Gasteiger partial charge in [-0.3, -0.25) is 18.7 Å². The lowest BCUT2D eigenvalue weighted by Gasteiger charge is -2.22. The van der Waals surface area contributed by atoms with Crippen molar-refractivity contribution in [2.45, 2.75) is 45.8 Å². The van der Waals surface area contributed by atoms with Gasteiger partial charge < -0.3 is 5.32 Å². The van der Waals surface area contributed by atoms with Gasteiger partial charge in [0.15, 0.2) is 0 Å². The average molecular weight is 379 g/mol. The van der Waals surface area contributed by atoms with E-state index in [9.17, 15) is 14.4 Å². The van der Waals surface area contributed by atoms with E-state index in [1.165, 1.54) is 9.13 Å². The maximum atomic E-state index is 13.1. The molecule has 0 saturated heterocycles. The third kappa shape index (κ3) is 3.50. The third-order valence-corrected chi connectivity index (χ3v) is 4.97. The number of para-hydroxylation sites is 1. The van der Waals surface area contributed by atoms with Crippen molar-refractivity contribution in [1.82, 2.24) is 14.5 Å². The zero-order valence-corrected chi connectivity index (χ0v) is 16.5. The third-order valence-electron chi connectivity index (χ3n) is 4.97. The first-order valence-electron chi connectivity index (χ1n) is 9.44. The number of rotatable bonds is 5. The number of aromatic nitrogens is 2. The van der Waals surface area contributed by atoms with Crippen molar-refractivity contribution in [3.8, 4) is 0 Å². The van der Waals surface area contributed by atoms with Crippen LogP contribution >= 0.6 is 0 Å². The number of carbonyl (C=O) groups excluding carboxylic acids is 1. The molecule has 146 valence electrons. The molecule has 2 aromatic carbocycles. The maximum absolute atomic E-state index is 13.1. The number of nitrogens with one attached hydrogen (secondary N) is 1. The Kier molecular flexibility index (Phi) is 5.49. The fraction of sp³-hybridized carbons (Fsp3) is 0.318. The van der Waals surface area contributed by atoms with Crippen molar-refractivity contribution in [3.63, 3.8) is 0 Å². The highest BCUT2D eigenvalue weighted by molar-refractivity contribution is 5.84. The largest absolute Gasteiger partial charge is 0.348 e. The first-order chi connectivity index (χ1) is 13.3. The molecule has 1 amide bonds. The van der Waals surface area contributed by atoms with Gasteiger partial charge in [0, 0.05) is 6.04 Å². The van der Waals surface area contributed by atoms with Crippen LogP contribution in [-0.2, 0) is 4.79 Å². The number of hydrogen-bond acceptors (Lipinski definition) is 3. The second kappa shape index (κ2) is 7.84. The fourth-order valence-corrected chi connectivity index (χ4v) is 3.41. The molecule has 1 N–H and O–H groups in total. The summed E-state index contributed by atoms with van der Waals surface area (Å²) < 4.78 is 2.61. The Morgan fingerprint density at radius 1 is 0.857 bits per heavy atom. The van der Waals surface area contributed by atoms with Gasteiger partial charge in [0.05, 0.1) is 16.9 Å². The number of nitrogens with zero attached hydrogens (tertiary/aromatic N) is 2. The Morgan fingerprint density at radius 3 is 2.11 bits per heavy atom. The Labute approximate surface area is 163 Å². The Balaban J connectivity index is 2.06. The monoisotopic (exact) mass is 379 g/mol. The van der Waals surface area contributed by atoms with Gasteiger partial charge in [-0.2, -0.15) is 0 Å². The van der Waals surface area contributed by atoms with Crippen LogP contribution < -0.4 is 16.6 Å². The molecule has 6 nitrogen and oxygen atoms in total. The fourth-order valence-electron chi connectivity index (χ4n) is 3.41. The summed E-state index contributed by atoms with van der Waals surface area (Å²) in [5.41, 5.74) is 0.627. The van der Waals surface area contributed by atoms with Gasteiger partial charge >= 0.3 is 5.69 Å². The number of hydrogen-bond donors (Lipinski definition) is 1. The van der Waals surface area contributed by atoms with Crippen LogP contribution in [0.25, 0.3) is 10.9 Å². The van der Waals surface area contributed by atoms with E-state index in [-0.39, 0.29) is 23.6 Å². The highest BCUT2D eigenvalue weighted by Crippen LogP contribution is 2.17. The first kappa shape index (κ1) is 19.6. The zero-order chi connectivity index (χ0) is 20.4. The lowest BCUT2D eigenvalue weighted by molar-refractivity contribution is -0.124. The van der Waals surface area contributed by atoms with E-state index in [2.05, 4.69) is 5.32 Å². The van der Waals surface area contributed by atoms with Crippen LogP contribution in [0.5, 0.6) is 0 Å². The van der Waals surface area contributed by atoms with Crippen LogP contribution in [0.15, 0.2) is 64.2 Å². The molecule has 0 aliphatic heterocycles. The highest BCUT2D eigenvalue weighted by atomic mass is 16.2. The van der Waals surface area contributed by atoms with Gasteiger partial charge in [-0.15, -0.1) is 0 Å². The van der Waals surface area contributed by atoms with Crippen molar-refractivity contribution in [1.29, 1.82) is 0 Å². The second-order valence-corrected chi connectivity index (χ2v) is 7.26. The van der Waals surface area contributed by atoms with Crippen molar-refractivity contribution in [3.05, 3.63) is 81.0 Å². The molecule has 0 saturated carbocycles. The van der Waals surface area contributed by atoms with Crippen LogP contribution in [0.3, 0.4) is 0 Å². The summed E-state index contributed by atoms with van der Waals surface area (Å²) >= 11 is 0. The maximum Gasteiger partial charge on any atom is 0.332 e. The molecule has 0 aliphatic carbocycles. The Morgan fingerprint density at radius 2 is 1.46 bits per heavy atom. The summed E-state index contributed by atoms with van der Waals surface area (Å²) in [5.74, 6) is -0.280. The second-order valence-electron chi connectivity index (χ2n) is 7.26. The molecule has 28 heavy (non-hydrogen) atoms. The molecule has 3 rings (SSSR count). The van der Waals surface area contributed by atoms with E-state index in [1.807, 2.05) is 37.3 Å². The van der Waals surface area contributed by atoms with Crippen molar-refractivity contribution in [2.24, 2.45) is 0 Å². The van der Waals surface area contributed by atoms with E-state index in [0.717, 1.165) is 5.56 Å². The van der Waals surface area contributed by atoms with E-state index in [1.54, 1.807) is 45.0 Å². The quantitative estimate of drug-likeness (QED) is 0.740. The van der Waals surface area contributed by atoms with Crippen molar-refractivity contribution in [2.75, 3.05) is 0 Å². The lowest BCUT2D eigenvalue weighted by Crippen LogP contribution is -2.45. The average Bonchev–Trinajstić information content (AvgIpc) is 2.68. The molecule has 6 heteroatoms. The lowest BCUT2D eigenvalue weighted by atomic mass is 10.1. The molecule has 3 aromatic rings. The zero-order valence-electron chi connectivity index (χ0n) is 16.5. The molecule has 0 unspecified atom stereocenters. The summed E-state index contributed by atoms with van der Waals surface area (Å²) in [6.07, 6.45) is 0. The predicted octanol–water partition coefficient (Wildman–Crippen LogP) is 3.18. The van der Waals surface area contributed by atoms with Gasteiger partial charge in [0.1, 0.15) is 6.04 Å². The van der Waals surface area contributed by atoms with Crippen molar-refractivity contribution < 1.29 is 4.79 Å². The van der Waals surface area contributed by atoms with Gasteiger partial charge in [-0.25, -0.2) is 4.79 Å². The molecular weight excluding hydrogens is 354 g/mol. The van der Waals surface area contributed by atoms with Gasteiger partial charge in [0.2, 0.25) is 5.91 Å². The summed E-state index contributed by atoms with van der Waals surface area (Å²) in [4.78, 5) is 38.8. The van der Waals surface area contributed by atoms with Crippen molar-refractivity contribution >= 4 is 16.8 Å². The summed E-state index contributed by atoms with van der Waals surface area (Å²) in [5, 5.41) is 3.39. The topological polar surface area (TPSA) is 73.1 Å². The normalized spacial score (nSPS) is 13.5. The molecule has 1 aromatic heterocycles. The molecule has 0 radical (unpaired) electrons. The van der Waals surface area contributed by atoms with Crippen LogP contribution in [0.1, 0.15) is 51.4 Å². The van der Waals surface area contributed by atoms with E-state index in [0.29, 0.717) is 10.9 Å². The standard InChI is InChI=1S/C22H25N3O3/c1-14(2)24-21(27)18-12-8-9-13-19(18)25(22(24)28)16(4)20(26)23-15(3)17-10-6-5-7-11-17/h5-16H,1-4H3,(H,23,26)/t15-,16-/m0/s1. The van der Waals surface area contributed by atoms with Crippen LogP contribution in [0, 0.1) is 0 Å². The SMILES string of the molecule is CC(C)n1c(=O)c2ccccc2n([C@@H](C)C(=O)N[C@@H](C)c2ccccc2)c1=O. The molecule has 0 aliphatic rings. The Bertz CT molecular complexity index is 1110. The van der Waals surface area contributed by atoms with Gasteiger partial charge in [-0.05, 0) is 45.4 Å². The molecule has 0 fully saturated rings. The summed E-state index contributed by atoms with van der Waals surface area (Å²) in [6, 6.07) is 15.2. The molecule has 2 atom stereocenters. The summed E-state index contributed by atoms with van der Waals surface area (Å²) in [7, 11) is 0. The van der Waals surface area contributed by atoms with E-state index in [4.69, 9.17) is 0 Å². The van der Waals surface area contributed by atoms with E-state index < -0.39 is 11.7 Å². The molecule has 0 spiro atoms. The smallest absolute Gasteiger partial charge is 0.332 e. The predicted molar refractivity (Wildman–Crippen MR) is 111 cm³/mol. The Hall–Kier alpha value is -3.15. The van der Waals surface area contributed by atoms with Gasteiger partial charge in [-0.1, -0.05) is 42.5 Å². The number of benzene rings is 2. The number of fused-ring (bicyclic) bond motifs is 1. The number of carbonyl (C=O) groups is 1.